The molecule has 1 aromatic rings. The van der Waals surface area contributed by atoms with Gasteiger partial charge >= 0.3 is 0 Å². The van der Waals surface area contributed by atoms with E-state index in [0.29, 0.717) is 11.5 Å². The normalized spacial score (nSPS) is 25.9. The first kappa shape index (κ1) is 19.4. The molecule has 152 valence electrons. The number of amides is 2. The van der Waals surface area contributed by atoms with E-state index in [1.54, 1.807) is 0 Å². The predicted molar refractivity (Wildman–Crippen MR) is 110 cm³/mol. The van der Waals surface area contributed by atoms with Crippen LogP contribution in [0.15, 0.2) is 24.3 Å². The van der Waals surface area contributed by atoms with Crippen LogP contribution in [0.25, 0.3) is 0 Å². The van der Waals surface area contributed by atoms with Crippen LogP contribution in [0.4, 0.5) is 0 Å². The standard InChI is InChI=1S/C23H33N3O2/c1-23(2,24-21(27)18-12-10-17(11-13-18)16-8-9-16)20-7-5-15-26(20)22(28)19-6-4-14-25(19)3/h10-13,16,19-20H,4-9,14-15H2,1-3H3,(H,24,27)/t19-,20?/m0/s1. The molecule has 1 N–H and O–H groups in total. The van der Waals surface area contributed by atoms with Crippen molar-refractivity contribution >= 4 is 11.8 Å². The van der Waals surface area contributed by atoms with Crippen LogP contribution in [0.1, 0.15) is 74.2 Å². The smallest absolute Gasteiger partial charge is 0.251 e. The quantitative estimate of drug-likeness (QED) is 0.850. The minimum atomic E-state index is -0.463. The molecule has 28 heavy (non-hydrogen) atoms. The van der Waals surface area contributed by atoms with Crippen LogP contribution in [0.5, 0.6) is 0 Å². The van der Waals surface area contributed by atoms with Crippen molar-refractivity contribution in [1.82, 2.24) is 15.1 Å². The molecule has 5 heteroatoms. The molecule has 3 fully saturated rings. The molecule has 0 bridgehead atoms. The van der Waals surface area contributed by atoms with Crippen LogP contribution in [-0.4, -0.2) is 59.4 Å². The molecule has 2 heterocycles. The second kappa shape index (κ2) is 7.51. The van der Waals surface area contributed by atoms with Crippen molar-refractivity contribution in [1.29, 1.82) is 0 Å². The molecule has 4 rings (SSSR count). The average molecular weight is 384 g/mol. The van der Waals surface area contributed by atoms with Gasteiger partial charge in [0.05, 0.1) is 17.6 Å². The van der Waals surface area contributed by atoms with E-state index < -0.39 is 5.54 Å². The molecule has 2 amide bonds. The van der Waals surface area contributed by atoms with E-state index >= 15 is 0 Å². The third-order valence-corrected chi connectivity index (χ3v) is 6.83. The number of benzene rings is 1. The van der Waals surface area contributed by atoms with Crippen molar-refractivity contribution < 1.29 is 9.59 Å². The molecule has 2 atom stereocenters. The molecule has 3 aliphatic rings. The Balaban J connectivity index is 1.43. The summed E-state index contributed by atoms with van der Waals surface area (Å²) >= 11 is 0. The first-order chi connectivity index (χ1) is 13.4. The Morgan fingerprint density at radius 1 is 1.00 bits per heavy atom. The molecule has 0 spiro atoms. The fraction of sp³-hybridized carbons (Fsp3) is 0.652. The van der Waals surface area contributed by atoms with Crippen LogP contribution < -0.4 is 5.32 Å². The highest BCUT2D eigenvalue weighted by molar-refractivity contribution is 5.94. The van der Waals surface area contributed by atoms with E-state index in [2.05, 4.69) is 36.2 Å². The van der Waals surface area contributed by atoms with E-state index in [1.807, 2.05) is 24.1 Å². The molecule has 2 aliphatic heterocycles. The molecule has 5 nitrogen and oxygen atoms in total. The van der Waals surface area contributed by atoms with E-state index in [-0.39, 0.29) is 23.9 Å². The topological polar surface area (TPSA) is 52.7 Å². The fourth-order valence-electron chi connectivity index (χ4n) is 4.97. The third-order valence-electron chi connectivity index (χ3n) is 6.83. The van der Waals surface area contributed by atoms with Gasteiger partial charge in [0.25, 0.3) is 5.91 Å². The molecular weight excluding hydrogens is 350 g/mol. The van der Waals surface area contributed by atoms with Gasteiger partial charge in [-0.1, -0.05) is 12.1 Å². The van der Waals surface area contributed by atoms with Gasteiger partial charge < -0.3 is 10.2 Å². The molecule has 0 radical (unpaired) electrons. The second-order valence-corrected chi connectivity index (χ2v) is 9.40. The highest BCUT2D eigenvalue weighted by atomic mass is 16.2. The highest BCUT2D eigenvalue weighted by Crippen LogP contribution is 2.40. The summed E-state index contributed by atoms with van der Waals surface area (Å²) in [6.45, 7) is 5.89. The van der Waals surface area contributed by atoms with Gasteiger partial charge in [-0.25, -0.2) is 0 Å². The molecule has 1 saturated carbocycles. The Bertz CT molecular complexity index is 739. The highest BCUT2D eigenvalue weighted by Gasteiger charge is 2.43. The number of nitrogens with zero attached hydrogens (tertiary/aromatic N) is 2. The van der Waals surface area contributed by atoms with Crippen LogP contribution >= 0.6 is 0 Å². The molecule has 1 aromatic carbocycles. The van der Waals surface area contributed by atoms with Crippen molar-refractivity contribution in [2.75, 3.05) is 20.1 Å². The second-order valence-electron chi connectivity index (χ2n) is 9.40. The average Bonchev–Trinajstić information content (AvgIpc) is 3.22. The van der Waals surface area contributed by atoms with Crippen molar-refractivity contribution in [3.8, 4) is 0 Å². The Morgan fingerprint density at radius 2 is 1.68 bits per heavy atom. The summed E-state index contributed by atoms with van der Waals surface area (Å²) in [6, 6.07) is 8.08. The van der Waals surface area contributed by atoms with E-state index in [9.17, 15) is 9.59 Å². The lowest BCUT2D eigenvalue weighted by Gasteiger charge is -2.40. The first-order valence-electron chi connectivity index (χ1n) is 10.8. The Morgan fingerprint density at radius 3 is 2.29 bits per heavy atom. The predicted octanol–water partition coefficient (Wildman–Crippen LogP) is 3.16. The number of hydrogen-bond donors (Lipinski definition) is 1. The zero-order chi connectivity index (χ0) is 19.9. The summed E-state index contributed by atoms with van der Waals surface area (Å²) in [5.74, 6) is 0.878. The Labute approximate surface area is 168 Å². The van der Waals surface area contributed by atoms with Crippen molar-refractivity contribution in [3.05, 3.63) is 35.4 Å². The summed E-state index contributed by atoms with van der Waals surface area (Å²) < 4.78 is 0. The van der Waals surface area contributed by atoms with Crippen molar-refractivity contribution in [2.24, 2.45) is 0 Å². The van der Waals surface area contributed by atoms with E-state index in [4.69, 9.17) is 0 Å². The number of carbonyl (C=O) groups is 2. The van der Waals surface area contributed by atoms with Gasteiger partial charge in [0.1, 0.15) is 0 Å². The minimum Gasteiger partial charge on any atom is -0.345 e. The van der Waals surface area contributed by atoms with Gasteiger partial charge in [0.15, 0.2) is 0 Å². The molecular formula is C23H33N3O2. The van der Waals surface area contributed by atoms with Gasteiger partial charge in [0.2, 0.25) is 5.91 Å². The number of hydrogen-bond acceptors (Lipinski definition) is 3. The molecule has 2 saturated heterocycles. The molecule has 1 unspecified atom stereocenters. The van der Waals surface area contributed by atoms with Gasteiger partial charge in [-0.3, -0.25) is 14.5 Å². The lowest BCUT2D eigenvalue weighted by molar-refractivity contribution is -0.137. The Kier molecular flexibility index (Phi) is 5.21. The zero-order valence-electron chi connectivity index (χ0n) is 17.4. The summed E-state index contributed by atoms with van der Waals surface area (Å²) in [5, 5.41) is 3.22. The van der Waals surface area contributed by atoms with E-state index in [0.717, 1.165) is 38.8 Å². The molecule has 0 aromatic heterocycles. The maximum absolute atomic E-state index is 13.1. The summed E-state index contributed by atoms with van der Waals surface area (Å²) in [7, 11) is 2.04. The van der Waals surface area contributed by atoms with Crippen molar-refractivity contribution in [2.45, 2.75) is 75.9 Å². The maximum Gasteiger partial charge on any atom is 0.251 e. The monoisotopic (exact) mass is 383 g/mol. The number of carbonyl (C=O) groups excluding carboxylic acids is 2. The summed E-state index contributed by atoms with van der Waals surface area (Å²) in [4.78, 5) is 30.2. The van der Waals surface area contributed by atoms with Gasteiger partial charge in [-0.15, -0.1) is 0 Å². The largest absolute Gasteiger partial charge is 0.345 e. The summed E-state index contributed by atoms with van der Waals surface area (Å²) in [5.41, 5.74) is 1.57. The number of rotatable bonds is 5. The Hall–Kier alpha value is -1.88. The number of nitrogens with one attached hydrogen (secondary N) is 1. The lowest BCUT2D eigenvalue weighted by atomic mass is 9.91. The fourth-order valence-corrected chi connectivity index (χ4v) is 4.97. The van der Waals surface area contributed by atoms with E-state index in [1.165, 1.54) is 18.4 Å². The van der Waals surface area contributed by atoms with Crippen LogP contribution in [0.3, 0.4) is 0 Å². The first-order valence-corrected chi connectivity index (χ1v) is 10.8. The van der Waals surface area contributed by atoms with Crippen LogP contribution in [-0.2, 0) is 4.79 Å². The SMILES string of the molecule is CN1CCC[C@H]1C(=O)N1CCCC1C(C)(C)NC(=O)c1ccc(C2CC2)cc1. The van der Waals surface area contributed by atoms with Crippen molar-refractivity contribution in [3.63, 3.8) is 0 Å². The number of likely N-dealkylation sites (N-methyl/N-ethyl adjacent to an activating group) is 1. The zero-order valence-corrected chi connectivity index (χ0v) is 17.4. The molecule has 1 aliphatic carbocycles. The van der Waals surface area contributed by atoms with Crippen LogP contribution in [0.2, 0.25) is 0 Å². The summed E-state index contributed by atoms with van der Waals surface area (Å²) in [6.07, 6.45) is 6.50. The maximum atomic E-state index is 13.1. The van der Waals surface area contributed by atoms with Gasteiger partial charge in [-0.05, 0) is 89.6 Å². The number of likely N-dealkylation sites (tertiary alicyclic amines) is 2. The van der Waals surface area contributed by atoms with Gasteiger partial charge in [0, 0.05) is 12.1 Å². The van der Waals surface area contributed by atoms with Gasteiger partial charge in [-0.2, -0.15) is 0 Å². The third kappa shape index (κ3) is 3.82. The van der Waals surface area contributed by atoms with Crippen LogP contribution in [0, 0.1) is 0 Å². The minimum absolute atomic E-state index is 0.00192. The lowest BCUT2D eigenvalue weighted by Crippen LogP contribution is -2.59.